The summed E-state index contributed by atoms with van der Waals surface area (Å²) in [6.07, 6.45) is 3.84. The lowest BCUT2D eigenvalue weighted by molar-refractivity contribution is -0.159. The molecular weight excluding hydrogens is 466 g/mol. The first kappa shape index (κ1) is 21.1. The van der Waals surface area contributed by atoms with Gasteiger partial charge >= 0.3 is 5.97 Å². The highest BCUT2D eigenvalue weighted by Crippen LogP contribution is 2.38. The van der Waals surface area contributed by atoms with E-state index in [-0.39, 0.29) is 18.2 Å². The van der Waals surface area contributed by atoms with Gasteiger partial charge in [0.05, 0.1) is 19.4 Å². The zero-order valence-electron chi connectivity index (χ0n) is 17.3. The second kappa shape index (κ2) is 8.20. The number of esters is 1. The Morgan fingerprint density at radius 1 is 1.30 bits per heavy atom. The van der Waals surface area contributed by atoms with Gasteiger partial charge in [0.2, 0.25) is 0 Å². The van der Waals surface area contributed by atoms with Crippen molar-refractivity contribution in [1.29, 1.82) is 0 Å². The van der Waals surface area contributed by atoms with Crippen LogP contribution in [0.3, 0.4) is 0 Å². The SMILES string of the molecule is Cc1c(Br)sc2c(N[C@H]3CNC(OC(=O)C(C)(C)C)C3)nc(-c3ccncc3)nc12. The number of nitrogens with zero attached hydrogens (tertiary/aromatic N) is 3. The van der Waals surface area contributed by atoms with Gasteiger partial charge < -0.3 is 10.1 Å². The van der Waals surface area contributed by atoms with Gasteiger partial charge in [-0.05, 0) is 55.8 Å². The van der Waals surface area contributed by atoms with Crippen molar-refractivity contribution >= 4 is 49.3 Å². The van der Waals surface area contributed by atoms with E-state index in [1.165, 1.54) is 0 Å². The van der Waals surface area contributed by atoms with Crippen LogP contribution >= 0.6 is 27.3 Å². The van der Waals surface area contributed by atoms with E-state index in [1.807, 2.05) is 32.9 Å². The Balaban J connectivity index is 1.60. The van der Waals surface area contributed by atoms with Crippen LogP contribution < -0.4 is 10.6 Å². The van der Waals surface area contributed by atoms with Crippen LogP contribution in [0.5, 0.6) is 0 Å². The van der Waals surface area contributed by atoms with E-state index < -0.39 is 5.41 Å². The average Bonchev–Trinajstić information content (AvgIpc) is 3.26. The molecule has 1 aliphatic heterocycles. The molecule has 4 heterocycles. The maximum atomic E-state index is 12.2. The third kappa shape index (κ3) is 4.33. The van der Waals surface area contributed by atoms with Gasteiger partial charge in [-0.3, -0.25) is 15.1 Å². The number of ether oxygens (including phenoxy) is 1. The number of thiophene rings is 1. The Morgan fingerprint density at radius 2 is 2.03 bits per heavy atom. The smallest absolute Gasteiger partial charge is 0.312 e. The molecule has 0 amide bonds. The molecule has 1 unspecified atom stereocenters. The van der Waals surface area contributed by atoms with E-state index in [0.717, 1.165) is 30.9 Å². The van der Waals surface area contributed by atoms with Crippen molar-refractivity contribution in [3.8, 4) is 11.4 Å². The topological polar surface area (TPSA) is 89.0 Å². The molecule has 2 atom stereocenters. The normalized spacial score (nSPS) is 19.2. The number of pyridine rings is 1. The summed E-state index contributed by atoms with van der Waals surface area (Å²) in [4.78, 5) is 25.9. The molecule has 7 nitrogen and oxygen atoms in total. The van der Waals surface area contributed by atoms with Crippen LogP contribution in [0.25, 0.3) is 21.6 Å². The third-order valence-electron chi connectivity index (χ3n) is 4.94. The second-order valence-corrected chi connectivity index (χ2v) is 10.8. The van der Waals surface area contributed by atoms with Crippen LogP contribution in [0.15, 0.2) is 28.3 Å². The Hall–Kier alpha value is -2.10. The molecule has 0 aromatic carbocycles. The molecule has 1 fully saturated rings. The van der Waals surface area contributed by atoms with Crippen LogP contribution in [-0.2, 0) is 9.53 Å². The van der Waals surface area contributed by atoms with Gasteiger partial charge in [-0.15, -0.1) is 11.3 Å². The molecule has 2 N–H and O–H groups in total. The second-order valence-electron chi connectivity index (χ2n) is 8.44. The number of anilines is 1. The molecule has 0 spiro atoms. The highest BCUT2D eigenvalue weighted by Gasteiger charge is 2.32. The van der Waals surface area contributed by atoms with Crippen molar-refractivity contribution in [2.24, 2.45) is 5.41 Å². The number of hydrogen-bond donors (Lipinski definition) is 2. The van der Waals surface area contributed by atoms with Gasteiger partial charge in [0, 0.05) is 42.5 Å². The first-order valence-corrected chi connectivity index (χ1v) is 11.4. The highest BCUT2D eigenvalue weighted by atomic mass is 79.9. The third-order valence-corrected chi connectivity index (χ3v) is 7.10. The summed E-state index contributed by atoms with van der Waals surface area (Å²) < 4.78 is 7.66. The summed E-state index contributed by atoms with van der Waals surface area (Å²) in [5.74, 6) is 1.24. The fourth-order valence-electron chi connectivity index (χ4n) is 3.19. The summed E-state index contributed by atoms with van der Waals surface area (Å²) in [5, 5.41) is 6.82. The first-order chi connectivity index (χ1) is 14.2. The molecule has 0 radical (unpaired) electrons. The largest absolute Gasteiger partial charge is 0.446 e. The Morgan fingerprint density at radius 3 is 2.73 bits per heavy atom. The van der Waals surface area contributed by atoms with Gasteiger partial charge in [-0.2, -0.15) is 0 Å². The van der Waals surface area contributed by atoms with E-state index >= 15 is 0 Å². The number of carbonyl (C=O) groups is 1. The molecule has 3 aromatic heterocycles. The molecule has 4 rings (SSSR count). The molecule has 0 bridgehead atoms. The lowest BCUT2D eigenvalue weighted by Crippen LogP contribution is -2.33. The minimum absolute atomic E-state index is 0.0901. The number of hydrogen-bond acceptors (Lipinski definition) is 8. The highest BCUT2D eigenvalue weighted by molar-refractivity contribution is 9.11. The molecule has 0 aliphatic carbocycles. The lowest BCUT2D eigenvalue weighted by atomic mass is 9.97. The number of fused-ring (bicyclic) bond motifs is 1. The molecular formula is C21H24BrN5O2S. The van der Waals surface area contributed by atoms with Gasteiger partial charge in [0.25, 0.3) is 0 Å². The maximum absolute atomic E-state index is 12.2. The number of nitrogens with one attached hydrogen (secondary N) is 2. The minimum Gasteiger partial charge on any atom is -0.446 e. The van der Waals surface area contributed by atoms with E-state index in [2.05, 4.69) is 38.5 Å². The molecule has 0 saturated carbocycles. The van der Waals surface area contributed by atoms with Crippen LogP contribution in [0.1, 0.15) is 32.8 Å². The van der Waals surface area contributed by atoms with Crippen molar-refractivity contribution in [3.05, 3.63) is 33.9 Å². The van der Waals surface area contributed by atoms with Crippen LogP contribution in [0, 0.1) is 12.3 Å². The minimum atomic E-state index is -0.522. The van der Waals surface area contributed by atoms with Crippen molar-refractivity contribution in [2.75, 3.05) is 11.9 Å². The summed E-state index contributed by atoms with van der Waals surface area (Å²) in [5.41, 5.74) is 2.42. The average molecular weight is 490 g/mol. The summed E-state index contributed by atoms with van der Waals surface area (Å²) in [6, 6.07) is 3.90. The maximum Gasteiger partial charge on any atom is 0.312 e. The molecule has 158 valence electrons. The Bertz CT molecular complexity index is 1080. The molecule has 1 saturated heterocycles. The summed E-state index contributed by atoms with van der Waals surface area (Å²) in [7, 11) is 0. The standard InChI is InChI=1S/C21H24BrN5O2S/c1-11-15-16(30-17(11)22)19(27-18(26-15)12-5-7-23-8-6-12)25-13-9-14(24-10-13)29-20(28)21(2,3)4/h5-8,13-14,24H,9-10H2,1-4H3,(H,25,26,27)/t13-,14?/m1/s1. The molecule has 1 aliphatic rings. The zero-order valence-corrected chi connectivity index (χ0v) is 19.7. The quantitative estimate of drug-likeness (QED) is 0.520. The number of aromatic nitrogens is 3. The number of halogens is 1. The van der Waals surface area contributed by atoms with Crippen LogP contribution in [-0.4, -0.2) is 39.7 Å². The monoisotopic (exact) mass is 489 g/mol. The van der Waals surface area contributed by atoms with Crippen molar-refractivity contribution in [2.45, 2.75) is 46.4 Å². The van der Waals surface area contributed by atoms with E-state index in [4.69, 9.17) is 14.7 Å². The summed E-state index contributed by atoms with van der Waals surface area (Å²) in [6.45, 7) is 8.30. The Kier molecular flexibility index (Phi) is 5.78. The molecule has 30 heavy (non-hydrogen) atoms. The van der Waals surface area contributed by atoms with Crippen molar-refractivity contribution in [1.82, 2.24) is 20.3 Å². The molecule has 3 aromatic rings. The van der Waals surface area contributed by atoms with E-state index in [1.54, 1.807) is 23.7 Å². The zero-order chi connectivity index (χ0) is 21.5. The Labute approximate surface area is 187 Å². The number of rotatable bonds is 4. The van der Waals surface area contributed by atoms with Gasteiger partial charge in [-0.25, -0.2) is 9.97 Å². The fourth-order valence-corrected chi connectivity index (χ4v) is 4.79. The van der Waals surface area contributed by atoms with E-state index in [9.17, 15) is 4.79 Å². The van der Waals surface area contributed by atoms with Crippen LogP contribution in [0.2, 0.25) is 0 Å². The van der Waals surface area contributed by atoms with Gasteiger partial charge in [0.15, 0.2) is 12.1 Å². The van der Waals surface area contributed by atoms with Crippen molar-refractivity contribution < 1.29 is 9.53 Å². The molecule has 9 heteroatoms. The van der Waals surface area contributed by atoms with Gasteiger partial charge in [-0.1, -0.05) is 0 Å². The first-order valence-electron chi connectivity index (χ1n) is 9.80. The predicted molar refractivity (Wildman–Crippen MR) is 122 cm³/mol. The van der Waals surface area contributed by atoms with E-state index in [0.29, 0.717) is 18.8 Å². The lowest BCUT2D eigenvalue weighted by Gasteiger charge is -2.20. The number of aryl methyl sites for hydroxylation is 1. The van der Waals surface area contributed by atoms with Crippen molar-refractivity contribution in [3.63, 3.8) is 0 Å². The number of carbonyl (C=O) groups excluding carboxylic acids is 1. The van der Waals surface area contributed by atoms with Crippen LogP contribution in [0.4, 0.5) is 5.82 Å². The fraction of sp³-hybridized carbons (Fsp3) is 0.429. The van der Waals surface area contributed by atoms with Gasteiger partial charge in [0.1, 0.15) is 5.82 Å². The summed E-state index contributed by atoms with van der Waals surface area (Å²) >= 11 is 5.25. The predicted octanol–water partition coefficient (Wildman–Crippen LogP) is 4.51.